The highest BCUT2D eigenvalue weighted by Crippen LogP contribution is 2.25. The number of carbonyl (C=O) groups is 2. The highest BCUT2D eigenvalue weighted by Gasteiger charge is 2.25. The zero-order chi connectivity index (χ0) is 18.8. The largest absolute Gasteiger partial charge is 0.358 e. The van der Waals surface area contributed by atoms with E-state index in [1.54, 1.807) is 0 Å². The first-order chi connectivity index (χ1) is 12.4. The van der Waals surface area contributed by atoms with E-state index in [4.69, 9.17) is 0 Å². The summed E-state index contributed by atoms with van der Waals surface area (Å²) in [4.78, 5) is 32.3. The second kappa shape index (κ2) is 7.50. The Morgan fingerprint density at radius 3 is 2.50 bits per heavy atom. The Morgan fingerprint density at radius 1 is 1.15 bits per heavy atom. The van der Waals surface area contributed by atoms with Crippen LogP contribution in [0.4, 0.5) is 0 Å². The maximum atomic E-state index is 13.0. The van der Waals surface area contributed by atoms with E-state index in [1.807, 2.05) is 37.8 Å². The summed E-state index contributed by atoms with van der Waals surface area (Å²) in [6.07, 6.45) is 0. The summed E-state index contributed by atoms with van der Waals surface area (Å²) in [5.74, 6) is 0.102. The Labute approximate surface area is 154 Å². The van der Waals surface area contributed by atoms with Crippen molar-refractivity contribution < 1.29 is 9.59 Å². The van der Waals surface area contributed by atoms with E-state index >= 15 is 0 Å². The van der Waals surface area contributed by atoms with Crippen molar-refractivity contribution in [3.8, 4) is 0 Å². The van der Waals surface area contributed by atoms with Crippen LogP contribution in [0.5, 0.6) is 0 Å². The summed E-state index contributed by atoms with van der Waals surface area (Å²) in [5, 5.41) is 4.02. The summed E-state index contributed by atoms with van der Waals surface area (Å²) in [7, 11) is 0. The first kappa shape index (κ1) is 18.5. The van der Waals surface area contributed by atoms with Gasteiger partial charge in [-0.15, -0.1) is 0 Å². The smallest absolute Gasteiger partial charge is 0.256 e. The number of aromatic nitrogens is 1. The molecule has 0 spiro atoms. The highest BCUT2D eigenvalue weighted by atomic mass is 16.2. The number of para-hydroxylation sites is 1. The standard InChI is InChI=1S/C20H28N4O2/c1-13(2)21-18(25)12-23-8-10-24(11-9-23)20(26)17-7-5-6-16-14(3)15(4)22-19(16)17/h5-7,13,22H,8-12H2,1-4H3,(H,21,25). The van der Waals surface area contributed by atoms with Crippen molar-refractivity contribution in [2.45, 2.75) is 33.7 Å². The number of carbonyl (C=O) groups excluding carboxylic acids is 2. The van der Waals surface area contributed by atoms with Crippen LogP contribution in [-0.2, 0) is 4.79 Å². The second-order valence-corrected chi connectivity index (χ2v) is 7.39. The van der Waals surface area contributed by atoms with E-state index in [0.717, 1.165) is 35.2 Å². The lowest BCUT2D eigenvalue weighted by atomic mass is 10.1. The minimum Gasteiger partial charge on any atom is -0.358 e. The zero-order valence-corrected chi connectivity index (χ0v) is 16.1. The SMILES string of the molecule is Cc1[nH]c2c(C(=O)N3CCN(CC(=O)NC(C)C)CC3)cccc2c1C. The van der Waals surface area contributed by atoms with Gasteiger partial charge in [-0.3, -0.25) is 14.5 Å². The molecule has 140 valence electrons. The van der Waals surface area contributed by atoms with Crippen LogP contribution in [0.3, 0.4) is 0 Å². The monoisotopic (exact) mass is 356 g/mol. The van der Waals surface area contributed by atoms with Crippen LogP contribution in [0.2, 0.25) is 0 Å². The number of H-pyrrole nitrogens is 1. The van der Waals surface area contributed by atoms with Gasteiger partial charge in [-0.05, 0) is 39.3 Å². The number of aryl methyl sites for hydroxylation is 2. The Morgan fingerprint density at radius 2 is 1.85 bits per heavy atom. The molecule has 2 heterocycles. The van der Waals surface area contributed by atoms with Gasteiger partial charge in [0.25, 0.3) is 5.91 Å². The predicted octanol–water partition coefficient (Wildman–Crippen LogP) is 2.07. The molecule has 2 amide bonds. The van der Waals surface area contributed by atoms with Crippen molar-refractivity contribution in [1.29, 1.82) is 0 Å². The molecule has 2 aromatic rings. The fourth-order valence-corrected chi connectivity index (χ4v) is 3.51. The average molecular weight is 356 g/mol. The molecule has 1 aromatic carbocycles. The van der Waals surface area contributed by atoms with Gasteiger partial charge in [0.15, 0.2) is 0 Å². The predicted molar refractivity (Wildman–Crippen MR) is 103 cm³/mol. The van der Waals surface area contributed by atoms with Gasteiger partial charge >= 0.3 is 0 Å². The van der Waals surface area contributed by atoms with Crippen LogP contribution in [0.25, 0.3) is 10.9 Å². The molecule has 1 fully saturated rings. The number of hydrogen-bond acceptors (Lipinski definition) is 3. The molecule has 0 unspecified atom stereocenters. The Kier molecular flexibility index (Phi) is 5.32. The molecule has 2 N–H and O–H groups in total. The lowest BCUT2D eigenvalue weighted by Crippen LogP contribution is -2.51. The van der Waals surface area contributed by atoms with Crippen LogP contribution >= 0.6 is 0 Å². The van der Waals surface area contributed by atoms with Gasteiger partial charge in [0.05, 0.1) is 17.6 Å². The second-order valence-electron chi connectivity index (χ2n) is 7.39. The Balaban J connectivity index is 1.66. The molecule has 1 saturated heterocycles. The number of aromatic amines is 1. The summed E-state index contributed by atoms with van der Waals surface area (Å²) < 4.78 is 0. The van der Waals surface area contributed by atoms with Gasteiger partial charge in [-0.2, -0.15) is 0 Å². The van der Waals surface area contributed by atoms with Gasteiger partial charge in [0, 0.05) is 43.3 Å². The first-order valence-electron chi connectivity index (χ1n) is 9.25. The van der Waals surface area contributed by atoms with E-state index in [0.29, 0.717) is 19.6 Å². The third-order valence-electron chi connectivity index (χ3n) is 5.05. The van der Waals surface area contributed by atoms with Crippen molar-refractivity contribution in [2.24, 2.45) is 0 Å². The Bertz CT molecular complexity index is 817. The zero-order valence-electron chi connectivity index (χ0n) is 16.1. The van der Waals surface area contributed by atoms with Crippen molar-refractivity contribution in [3.63, 3.8) is 0 Å². The summed E-state index contributed by atoms with van der Waals surface area (Å²) in [6.45, 7) is 11.1. The topological polar surface area (TPSA) is 68.4 Å². The molecule has 0 bridgehead atoms. The van der Waals surface area contributed by atoms with E-state index < -0.39 is 0 Å². The third-order valence-corrected chi connectivity index (χ3v) is 5.05. The van der Waals surface area contributed by atoms with Crippen LogP contribution < -0.4 is 5.32 Å². The van der Waals surface area contributed by atoms with E-state index in [-0.39, 0.29) is 17.9 Å². The first-order valence-corrected chi connectivity index (χ1v) is 9.25. The van der Waals surface area contributed by atoms with Crippen molar-refractivity contribution in [1.82, 2.24) is 20.1 Å². The molecular formula is C20H28N4O2. The molecule has 1 aromatic heterocycles. The molecule has 0 atom stereocenters. The molecule has 3 rings (SSSR count). The minimum atomic E-state index is 0.0434. The lowest BCUT2D eigenvalue weighted by molar-refractivity contribution is -0.123. The van der Waals surface area contributed by atoms with Gasteiger partial charge in [0.1, 0.15) is 0 Å². The van der Waals surface area contributed by atoms with E-state index in [2.05, 4.69) is 28.2 Å². The number of piperazine rings is 1. The van der Waals surface area contributed by atoms with Gasteiger partial charge < -0.3 is 15.2 Å². The third kappa shape index (κ3) is 3.75. The number of hydrogen-bond donors (Lipinski definition) is 2. The number of rotatable bonds is 4. The van der Waals surface area contributed by atoms with Gasteiger partial charge in [-0.1, -0.05) is 12.1 Å². The van der Waals surface area contributed by atoms with Crippen molar-refractivity contribution >= 4 is 22.7 Å². The molecule has 0 aliphatic carbocycles. The molecule has 1 aliphatic rings. The molecule has 6 nitrogen and oxygen atoms in total. The fourth-order valence-electron chi connectivity index (χ4n) is 3.51. The summed E-state index contributed by atoms with van der Waals surface area (Å²) in [5.41, 5.74) is 3.94. The van der Waals surface area contributed by atoms with Gasteiger partial charge in [0.2, 0.25) is 5.91 Å². The molecule has 1 aliphatic heterocycles. The Hall–Kier alpha value is -2.34. The summed E-state index contributed by atoms with van der Waals surface area (Å²) >= 11 is 0. The number of benzene rings is 1. The molecule has 0 radical (unpaired) electrons. The van der Waals surface area contributed by atoms with Crippen LogP contribution in [-0.4, -0.2) is 65.4 Å². The van der Waals surface area contributed by atoms with Crippen LogP contribution in [0.15, 0.2) is 18.2 Å². The molecule has 6 heteroatoms. The normalized spacial score (nSPS) is 15.7. The van der Waals surface area contributed by atoms with Crippen molar-refractivity contribution in [3.05, 3.63) is 35.0 Å². The van der Waals surface area contributed by atoms with E-state index in [1.165, 1.54) is 5.56 Å². The van der Waals surface area contributed by atoms with E-state index in [9.17, 15) is 9.59 Å². The lowest BCUT2D eigenvalue weighted by Gasteiger charge is -2.34. The quantitative estimate of drug-likeness (QED) is 0.881. The fraction of sp³-hybridized carbons (Fsp3) is 0.500. The number of nitrogens with zero attached hydrogens (tertiary/aromatic N) is 2. The van der Waals surface area contributed by atoms with Crippen LogP contribution in [0, 0.1) is 13.8 Å². The minimum absolute atomic E-state index is 0.0434. The van der Waals surface area contributed by atoms with Crippen LogP contribution in [0.1, 0.15) is 35.5 Å². The molecule has 0 saturated carbocycles. The number of nitrogens with one attached hydrogen (secondary N) is 2. The van der Waals surface area contributed by atoms with Gasteiger partial charge in [-0.25, -0.2) is 0 Å². The number of fused-ring (bicyclic) bond motifs is 1. The number of amides is 2. The summed E-state index contributed by atoms with van der Waals surface area (Å²) in [6, 6.07) is 6.04. The van der Waals surface area contributed by atoms with Crippen molar-refractivity contribution in [2.75, 3.05) is 32.7 Å². The average Bonchev–Trinajstić information content (AvgIpc) is 2.89. The molecule has 26 heavy (non-hydrogen) atoms. The maximum Gasteiger partial charge on any atom is 0.256 e. The molecular weight excluding hydrogens is 328 g/mol. The maximum absolute atomic E-state index is 13.0. The highest BCUT2D eigenvalue weighted by molar-refractivity contribution is 6.06.